The third-order valence-corrected chi connectivity index (χ3v) is 7.84. The van der Waals surface area contributed by atoms with Crippen molar-refractivity contribution in [2.24, 2.45) is 0 Å². The Morgan fingerprint density at radius 2 is 1.70 bits per heavy atom. The van der Waals surface area contributed by atoms with Gasteiger partial charge in [0, 0.05) is 12.0 Å². The summed E-state index contributed by atoms with van der Waals surface area (Å²) in [4.78, 5) is 13.1. The molecule has 0 saturated carbocycles. The molecular formula is C21H28OSi. The molecule has 0 spiro atoms. The van der Waals surface area contributed by atoms with Crippen molar-refractivity contribution in [2.45, 2.75) is 64.2 Å². The summed E-state index contributed by atoms with van der Waals surface area (Å²) in [5.74, 6) is 0.463. The van der Waals surface area contributed by atoms with E-state index in [9.17, 15) is 4.79 Å². The Labute approximate surface area is 141 Å². The number of hydrogen-bond acceptors (Lipinski definition) is 1. The van der Waals surface area contributed by atoms with Gasteiger partial charge < -0.3 is 0 Å². The van der Waals surface area contributed by atoms with E-state index in [2.05, 4.69) is 70.7 Å². The minimum Gasteiger partial charge on any atom is -0.299 e. The van der Waals surface area contributed by atoms with Gasteiger partial charge in [-0.3, -0.25) is 4.79 Å². The van der Waals surface area contributed by atoms with E-state index in [0.29, 0.717) is 12.2 Å². The Balaban J connectivity index is 2.47. The van der Waals surface area contributed by atoms with Gasteiger partial charge in [-0.1, -0.05) is 63.8 Å². The second-order valence-electron chi connectivity index (χ2n) is 8.85. The van der Waals surface area contributed by atoms with Crippen molar-refractivity contribution >= 4 is 24.6 Å². The molecule has 0 amide bonds. The second kappa shape index (κ2) is 5.30. The molecule has 0 heterocycles. The summed E-state index contributed by atoms with van der Waals surface area (Å²) in [7, 11) is -1.65. The van der Waals surface area contributed by atoms with Gasteiger partial charge in [0.1, 0.15) is 5.78 Å². The van der Waals surface area contributed by atoms with E-state index in [-0.39, 0.29) is 11.0 Å². The lowest BCUT2D eigenvalue weighted by Gasteiger charge is -2.32. The van der Waals surface area contributed by atoms with Gasteiger partial charge in [-0.2, -0.15) is 0 Å². The zero-order chi connectivity index (χ0) is 17.0. The van der Waals surface area contributed by atoms with Crippen molar-refractivity contribution in [3.63, 3.8) is 0 Å². The third kappa shape index (κ3) is 2.67. The zero-order valence-electron chi connectivity index (χ0n) is 15.3. The van der Waals surface area contributed by atoms with Crippen molar-refractivity contribution in [1.29, 1.82) is 0 Å². The highest BCUT2D eigenvalue weighted by atomic mass is 28.3. The van der Waals surface area contributed by atoms with Crippen molar-refractivity contribution < 1.29 is 4.79 Å². The first-order chi connectivity index (χ1) is 10.6. The van der Waals surface area contributed by atoms with Crippen LogP contribution in [-0.4, -0.2) is 13.9 Å². The van der Waals surface area contributed by atoms with Crippen LogP contribution in [0.1, 0.15) is 48.9 Å². The largest absolute Gasteiger partial charge is 0.299 e. The molecule has 0 aromatic heterocycles. The molecule has 1 nitrogen and oxygen atoms in total. The number of fused-ring (bicyclic) bond motifs is 3. The number of benzene rings is 2. The standard InChI is InChI=1S/C21H28OSi/c1-14-13-17-19(16-10-8-7-9-15(14)16)20(23(4,5)6)18(22)11-12-21(17,2)3/h7-10,13,20H,11-12H2,1-6H3. The van der Waals surface area contributed by atoms with Crippen molar-refractivity contribution in [1.82, 2.24) is 0 Å². The molecular weight excluding hydrogens is 296 g/mol. The maximum absolute atomic E-state index is 13.1. The Bertz CT molecular complexity index is 780. The van der Waals surface area contributed by atoms with Crippen LogP contribution >= 0.6 is 0 Å². The lowest BCUT2D eigenvalue weighted by Crippen LogP contribution is -2.36. The average Bonchev–Trinajstić information content (AvgIpc) is 2.55. The summed E-state index contributed by atoms with van der Waals surface area (Å²) in [6.07, 6.45) is 1.67. The van der Waals surface area contributed by atoms with Crippen molar-refractivity contribution in [3.05, 3.63) is 47.0 Å². The molecule has 0 fully saturated rings. The fourth-order valence-corrected chi connectivity index (χ4v) is 6.53. The molecule has 0 bridgehead atoms. The second-order valence-corrected chi connectivity index (χ2v) is 14.2. The van der Waals surface area contributed by atoms with Gasteiger partial charge in [-0.25, -0.2) is 0 Å². The molecule has 3 rings (SSSR count). The summed E-state index contributed by atoms with van der Waals surface area (Å²) in [5, 5.41) is 2.61. The highest BCUT2D eigenvalue weighted by Crippen LogP contribution is 2.46. The summed E-state index contributed by atoms with van der Waals surface area (Å²) >= 11 is 0. The van der Waals surface area contributed by atoms with Gasteiger partial charge in [-0.15, -0.1) is 0 Å². The first-order valence-corrected chi connectivity index (χ1v) is 12.3. The van der Waals surface area contributed by atoms with Crippen molar-refractivity contribution in [3.8, 4) is 0 Å². The highest BCUT2D eigenvalue weighted by molar-refractivity contribution is 6.80. The fourth-order valence-electron chi connectivity index (χ4n) is 4.24. The fraction of sp³-hybridized carbons (Fsp3) is 0.476. The molecule has 1 unspecified atom stereocenters. The van der Waals surface area contributed by atoms with E-state index in [0.717, 1.165) is 6.42 Å². The van der Waals surface area contributed by atoms with Crippen LogP contribution in [0.25, 0.3) is 10.8 Å². The Kier molecular flexibility index (Phi) is 3.79. The number of carbonyl (C=O) groups excluding carboxylic acids is 1. The number of hydrogen-bond donors (Lipinski definition) is 0. The van der Waals surface area contributed by atoms with Crippen LogP contribution in [0.3, 0.4) is 0 Å². The van der Waals surface area contributed by atoms with Crippen LogP contribution in [0.2, 0.25) is 19.6 Å². The van der Waals surface area contributed by atoms with Gasteiger partial charge in [0.15, 0.2) is 0 Å². The predicted molar refractivity (Wildman–Crippen MR) is 102 cm³/mol. The predicted octanol–water partition coefficient (Wildman–Crippen LogP) is 5.75. The quantitative estimate of drug-likeness (QED) is 0.482. The molecule has 1 atom stereocenters. The lowest BCUT2D eigenvalue weighted by molar-refractivity contribution is -0.119. The zero-order valence-corrected chi connectivity index (χ0v) is 16.3. The third-order valence-electron chi connectivity index (χ3n) is 5.50. The molecule has 122 valence electrons. The maximum atomic E-state index is 13.1. The molecule has 23 heavy (non-hydrogen) atoms. The van der Waals surface area contributed by atoms with Gasteiger partial charge >= 0.3 is 0 Å². The Morgan fingerprint density at radius 3 is 2.30 bits per heavy atom. The minimum atomic E-state index is -1.65. The number of Topliss-reactive ketones (excluding diaryl/α,β-unsaturated/α-hetero) is 1. The normalized spacial score (nSPS) is 21.1. The van der Waals surface area contributed by atoms with E-state index in [1.54, 1.807) is 0 Å². The van der Waals surface area contributed by atoms with Crippen LogP contribution in [-0.2, 0) is 10.2 Å². The molecule has 2 aromatic rings. The van der Waals surface area contributed by atoms with Gasteiger partial charge in [-0.05, 0) is 46.2 Å². The van der Waals surface area contributed by atoms with Crippen molar-refractivity contribution in [2.75, 3.05) is 0 Å². The molecule has 0 radical (unpaired) electrons. The SMILES string of the molecule is Cc1cc2c(c3ccccc13)C([Si](C)(C)C)C(=O)CCC2(C)C. The van der Waals surface area contributed by atoms with Crippen LogP contribution in [0.15, 0.2) is 30.3 Å². The number of rotatable bonds is 1. The summed E-state index contributed by atoms with van der Waals surface area (Å²) in [6, 6.07) is 11.0. The molecule has 2 heteroatoms. The van der Waals surface area contributed by atoms with Crippen LogP contribution in [0.4, 0.5) is 0 Å². The smallest absolute Gasteiger partial charge is 0.137 e. The minimum absolute atomic E-state index is 0.0637. The molecule has 1 aliphatic carbocycles. The Hall–Kier alpha value is -1.41. The topological polar surface area (TPSA) is 17.1 Å². The summed E-state index contributed by atoms with van der Waals surface area (Å²) in [5.41, 5.74) is 4.26. The van der Waals surface area contributed by atoms with Gasteiger partial charge in [0.25, 0.3) is 0 Å². The maximum Gasteiger partial charge on any atom is 0.137 e. The number of carbonyl (C=O) groups is 1. The first kappa shape index (κ1) is 16.4. The van der Waals surface area contributed by atoms with E-state index in [1.165, 1.54) is 27.5 Å². The first-order valence-electron chi connectivity index (χ1n) is 8.68. The lowest BCUT2D eigenvalue weighted by atomic mass is 9.77. The molecule has 2 aromatic carbocycles. The molecule has 0 N–H and O–H groups in total. The summed E-state index contributed by atoms with van der Waals surface area (Å²) in [6.45, 7) is 13.8. The number of ketones is 1. The van der Waals surface area contributed by atoms with E-state index in [1.807, 2.05) is 0 Å². The van der Waals surface area contributed by atoms with Gasteiger partial charge in [0.05, 0.1) is 8.07 Å². The monoisotopic (exact) mass is 324 g/mol. The van der Waals surface area contributed by atoms with E-state index < -0.39 is 8.07 Å². The van der Waals surface area contributed by atoms with Gasteiger partial charge in [0.2, 0.25) is 0 Å². The van der Waals surface area contributed by atoms with E-state index >= 15 is 0 Å². The average molecular weight is 325 g/mol. The van der Waals surface area contributed by atoms with Crippen LogP contribution in [0, 0.1) is 6.92 Å². The summed E-state index contributed by atoms with van der Waals surface area (Å²) < 4.78 is 0. The van der Waals surface area contributed by atoms with Crippen LogP contribution < -0.4 is 0 Å². The molecule has 0 saturated heterocycles. The Morgan fingerprint density at radius 1 is 1.09 bits per heavy atom. The van der Waals surface area contributed by atoms with E-state index in [4.69, 9.17) is 0 Å². The number of aryl methyl sites for hydroxylation is 1. The highest BCUT2D eigenvalue weighted by Gasteiger charge is 2.42. The molecule has 1 aliphatic rings. The molecule has 0 aliphatic heterocycles. The van der Waals surface area contributed by atoms with Crippen LogP contribution in [0.5, 0.6) is 0 Å².